The molecule has 29 heavy (non-hydrogen) atoms. The van der Waals surface area contributed by atoms with Gasteiger partial charge in [-0.15, -0.1) is 0 Å². The predicted octanol–water partition coefficient (Wildman–Crippen LogP) is 3.20. The second kappa shape index (κ2) is 10.2. The Morgan fingerprint density at radius 1 is 1.14 bits per heavy atom. The van der Waals surface area contributed by atoms with E-state index in [1.54, 1.807) is 35.4 Å². The monoisotopic (exact) mass is 423 g/mol. The summed E-state index contributed by atoms with van der Waals surface area (Å²) >= 11 is 0. The summed E-state index contributed by atoms with van der Waals surface area (Å²) in [5, 5.41) is 2.77. The van der Waals surface area contributed by atoms with Gasteiger partial charge < -0.3 is 23.7 Å². The molecule has 0 aliphatic heterocycles. The first-order chi connectivity index (χ1) is 13.8. The van der Waals surface area contributed by atoms with Crippen LogP contribution in [0.3, 0.4) is 0 Å². The van der Waals surface area contributed by atoms with Gasteiger partial charge in [-0.1, -0.05) is 6.07 Å². The van der Waals surface area contributed by atoms with Crippen LogP contribution in [0.25, 0.3) is 0 Å². The van der Waals surface area contributed by atoms with Crippen LogP contribution >= 0.6 is 0 Å². The number of carbonyl (C=O) groups excluding carboxylic acids is 1. The van der Waals surface area contributed by atoms with E-state index in [0.717, 1.165) is 25.0 Å². The number of nitrogens with one attached hydrogen (secondary N) is 1. The molecule has 0 aliphatic rings. The van der Waals surface area contributed by atoms with E-state index in [0.29, 0.717) is 17.9 Å². The molecular formula is C20H29N3O5S. The summed E-state index contributed by atoms with van der Waals surface area (Å²) in [6.45, 7) is 8.31. The fourth-order valence-electron chi connectivity index (χ4n) is 2.96. The van der Waals surface area contributed by atoms with Crippen LogP contribution in [0.4, 0.5) is 10.5 Å². The van der Waals surface area contributed by atoms with E-state index in [-0.39, 0.29) is 24.9 Å². The van der Waals surface area contributed by atoms with Crippen LogP contribution in [0, 0.1) is 0 Å². The molecule has 0 aliphatic carbocycles. The molecule has 9 heteroatoms. The van der Waals surface area contributed by atoms with E-state index in [4.69, 9.17) is 8.60 Å². The first-order valence-corrected chi connectivity index (χ1v) is 11.4. The highest BCUT2D eigenvalue weighted by Crippen LogP contribution is 2.28. The highest BCUT2D eigenvalue weighted by atomic mass is 32.2. The van der Waals surface area contributed by atoms with Gasteiger partial charge in [0.05, 0.1) is 25.6 Å². The summed E-state index contributed by atoms with van der Waals surface area (Å²) in [7, 11) is -3.73. The first kappa shape index (κ1) is 22.6. The zero-order chi connectivity index (χ0) is 21.4. The maximum atomic E-state index is 12.5. The van der Waals surface area contributed by atoms with Gasteiger partial charge in [0, 0.05) is 37.0 Å². The lowest BCUT2D eigenvalue weighted by atomic mass is 10.1. The van der Waals surface area contributed by atoms with Gasteiger partial charge >= 0.3 is 16.1 Å². The lowest BCUT2D eigenvalue weighted by Crippen LogP contribution is -2.39. The van der Waals surface area contributed by atoms with Gasteiger partial charge in [-0.3, -0.25) is 0 Å². The topological polar surface area (TPSA) is 92.1 Å². The van der Waals surface area contributed by atoms with Crippen molar-refractivity contribution < 1.29 is 21.8 Å². The highest BCUT2D eigenvalue weighted by Gasteiger charge is 2.20. The molecule has 1 aromatic carbocycles. The number of nitrogens with zero attached hydrogens (tertiary/aromatic N) is 2. The van der Waals surface area contributed by atoms with Crippen LogP contribution < -0.4 is 14.4 Å². The maximum absolute atomic E-state index is 12.5. The van der Waals surface area contributed by atoms with Gasteiger partial charge in [-0.05, 0) is 39.0 Å². The number of hydrogen-bond donors (Lipinski definition) is 1. The van der Waals surface area contributed by atoms with Crippen LogP contribution in [0.2, 0.25) is 0 Å². The molecule has 0 radical (unpaired) electrons. The van der Waals surface area contributed by atoms with Gasteiger partial charge in [0.2, 0.25) is 0 Å². The van der Waals surface area contributed by atoms with Gasteiger partial charge in [-0.2, -0.15) is 8.42 Å². The summed E-state index contributed by atoms with van der Waals surface area (Å²) in [6, 6.07) is 8.66. The molecule has 1 heterocycles. The number of amides is 2. The molecule has 0 saturated heterocycles. The molecule has 2 rings (SSSR count). The minimum atomic E-state index is -3.73. The Balaban J connectivity index is 2.38. The lowest BCUT2D eigenvalue weighted by Gasteiger charge is -2.25. The molecule has 0 bridgehead atoms. The Morgan fingerprint density at radius 3 is 2.41 bits per heavy atom. The number of urea groups is 1. The summed E-state index contributed by atoms with van der Waals surface area (Å²) in [6.07, 6.45) is 2.55. The third kappa shape index (κ3) is 6.70. The fourth-order valence-corrected chi connectivity index (χ4v) is 3.44. The zero-order valence-corrected chi connectivity index (χ0v) is 18.2. The van der Waals surface area contributed by atoms with Gasteiger partial charge in [0.1, 0.15) is 11.5 Å². The molecule has 1 aromatic heterocycles. The molecule has 2 aromatic rings. The van der Waals surface area contributed by atoms with Crippen LogP contribution in [0.1, 0.15) is 32.1 Å². The second-order valence-corrected chi connectivity index (χ2v) is 8.10. The van der Waals surface area contributed by atoms with Crippen LogP contribution in [-0.4, -0.2) is 45.2 Å². The molecule has 0 spiro atoms. The van der Waals surface area contributed by atoms with E-state index < -0.39 is 10.1 Å². The molecule has 160 valence electrons. The average molecular weight is 424 g/mol. The Hall–Kier alpha value is -2.68. The smallest absolute Gasteiger partial charge is 0.318 e. The van der Waals surface area contributed by atoms with Crippen molar-refractivity contribution in [1.82, 2.24) is 10.2 Å². The second-order valence-electron chi connectivity index (χ2n) is 6.52. The largest absolute Gasteiger partial charge is 0.467 e. The quantitative estimate of drug-likeness (QED) is 0.590. The highest BCUT2D eigenvalue weighted by molar-refractivity contribution is 7.86. The van der Waals surface area contributed by atoms with Crippen LogP contribution in [0.5, 0.6) is 5.75 Å². The van der Waals surface area contributed by atoms with Crippen molar-refractivity contribution in [3.8, 4) is 5.75 Å². The average Bonchev–Trinajstić information content (AvgIpc) is 3.16. The number of furan rings is 1. The number of hydrogen-bond acceptors (Lipinski definition) is 6. The third-order valence-corrected chi connectivity index (χ3v) is 4.81. The van der Waals surface area contributed by atoms with Crippen LogP contribution in [0.15, 0.2) is 41.0 Å². The molecule has 0 atom stereocenters. The van der Waals surface area contributed by atoms with Crippen molar-refractivity contribution in [2.24, 2.45) is 0 Å². The first-order valence-electron chi connectivity index (χ1n) is 9.59. The van der Waals surface area contributed by atoms with Crippen LogP contribution in [-0.2, 0) is 23.2 Å². The van der Waals surface area contributed by atoms with Gasteiger partial charge in [0.15, 0.2) is 0 Å². The molecule has 0 saturated carbocycles. The SMILES string of the molecule is CCNC(=O)N(Cc1ccco1)Cc1ccc(N(CC)CC)cc1OS(C)(=O)=O. The van der Waals surface area contributed by atoms with Crippen molar-refractivity contribution in [1.29, 1.82) is 0 Å². The number of anilines is 1. The standard InChI is InChI=1S/C20H29N3O5S/c1-5-21-20(24)23(15-18-9-8-12-27-18)14-16-10-11-17(22(6-2)7-3)13-19(16)28-29(4,25)26/h8-13H,5-7,14-15H2,1-4H3,(H,21,24). The van der Waals surface area contributed by atoms with Crippen molar-refractivity contribution in [2.75, 3.05) is 30.8 Å². The van der Waals surface area contributed by atoms with E-state index in [2.05, 4.69) is 10.2 Å². The lowest BCUT2D eigenvalue weighted by molar-refractivity contribution is 0.187. The Bertz CT molecular complexity index is 893. The number of rotatable bonds is 10. The normalized spacial score (nSPS) is 11.2. The number of carbonyl (C=O) groups is 1. The Kier molecular flexibility index (Phi) is 7.95. The van der Waals surface area contributed by atoms with Crippen molar-refractivity contribution in [2.45, 2.75) is 33.9 Å². The molecule has 2 amide bonds. The summed E-state index contributed by atoms with van der Waals surface area (Å²) in [5.74, 6) is 0.840. The fraction of sp³-hybridized carbons (Fsp3) is 0.450. The Morgan fingerprint density at radius 2 is 1.86 bits per heavy atom. The van der Waals surface area contributed by atoms with Crippen molar-refractivity contribution >= 4 is 21.8 Å². The molecule has 8 nitrogen and oxygen atoms in total. The predicted molar refractivity (Wildman–Crippen MR) is 113 cm³/mol. The summed E-state index contributed by atoms with van der Waals surface area (Å²) in [5.41, 5.74) is 1.44. The van der Waals surface area contributed by atoms with E-state index in [1.165, 1.54) is 0 Å². The summed E-state index contributed by atoms with van der Waals surface area (Å²) in [4.78, 5) is 16.2. The minimum Gasteiger partial charge on any atom is -0.467 e. The molecule has 0 unspecified atom stereocenters. The maximum Gasteiger partial charge on any atom is 0.318 e. The van der Waals surface area contributed by atoms with E-state index in [1.807, 2.05) is 26.8 Å². The number of benzene rings is 1. The van der Waals surface area contributed by atoms with E-state index in [9.17, 15) is 13.2 Å². The summed E-state index contributed by atoms with van der Waals surface area (Å²) < 4.78 is 34.2. The minimum absolute atomic E-state index is 0.163. The molecular weight excluding hydrogens is 394 g/mol. The van der Waals surface area contributed by atoms with Crippen molar-refractivity contribution in [3.63, 3.8) is 0 Å². The molecule has 0 fully saturated rings. The zero-order valence-electron chi connectivity index (χ0n) is 17.3. The van der Waals surface area contributed by atoms with Gasteiger partial charge in [-0.25, -0.2) is 4.79 Å². The third-order valence-electron chi connectivity index (χ3n) is 4.32. The van der Waals surface area contributed by atoms with Gasteiger partial charge in [0.25, 0.3) is 0 Å². The van der Waals surface area contributed by atoms with E-state index >= 15 is 0 Å². The molecule has 1 N–H and O–H groups in total. The Labute approximate surface area is 172 Å². The van der Waals surface area contributed by atoms with Crippen molar-refractivity contribution in [3.05, 3.63) is 47.9 Å².